The van der Waals surface area contributed by atoms with Crippen molar-refractivity contribution in [3.63, 3.8) is 0 Å². The van der Waals surface area contributed by atoms with Crippen LogP contribution in [0.2, 0.25) is 0 Å². The van der Waals surface area contributed by atoms with Crippen molar-refractivity contribution in [3.05, 3.63) is 39.4 Å². The highest BCUT2D eigenvalue weighted by atomic mass is 79.9. The maximum Gasteiger partial charge on any atom is 0.141 e. The molecule has 1 fully saturated rings. The SMILES string of the molecule is CC.CC.Cc1nc2n(c1C)C1CC(C1)c1cc(F)c(Br)cc1-2. The van der Waals surface area contributed by atoms with Crippen LogP contribution in [0.15, 0.2) is 16.6 Å². The summed E-state index contributed by atoms with van der Waals surface area (Å²) >= 11 is 3.30. The van der Waals surface area contributed by atoms with Gasteiger partial charge in [-0.05, 0) is 66.2 Å². The second kappa shape index (κ2) is 7.16. The Kier molecular flexibility index (Phi) is 5.66. The van der Waals surface area contributed by atoms with Crippen LogP contribution < -0.4 is 0 Å². The minimum Gasteiger partial charge on any atom is -0.325 e. The van der Waals surface area contributed by atoms with E-state index in [1.54, 1.807) is 6.07 Å². The van der Waals surface area contributed by atoms with E-state index in [1.165, 1.54) is 5.69 Å². The fraction of sp³-hybridized carbons (Fsp3) is 0.526. The summed E-state index contributed by atoms with van der Waals surface area (Å²) in [5, 5.41) is 0. The molecule has 5 rings (SSSR count). The number of halogens is 2. The van der Waals surface area contributed by atoms with E-state index >= 15 is 0 Å². The molecule has 2 bridgehead atoms. The lowest BCUT2D eigenvalue weighted by molar-refractivity contribution is 0.270. The normalized spacial score (nSPS) is 19.8. The lowest BCUT2D eigenvalue weighted by Crippen LogP contribution is -2.23. The van der Waals surface area contributed by atoms with E-state index < -0.39 is 0 Å². The van der Waals surface area contributed by atoms with Crippen LogP contribution in [0.25, 0.3) is 11.4 Å². The zero-order valence-corrected chi connectivity index (χ0v) is 16.5. The monoisotopic (exact) mass is 380 g/mol. The first-order chi connectivity index (χ1) is 11.1. The Balaban J connectivity index is 0.000000448. The van der Waals surface area contributed by atoms with Crippen molar-refractivity contribution in [2.75, 3.05) is 0 Å². The minimum atomic E-state index is -0.171. The van der Waals surface area contributed by atoms with E-state index in [1.807, 2.05) is 40.7 Å². The van der Waals surface area contributed by atoms with Crippen molar-refractivity contribution in [2.45, 2.75) is 66.3 Å². The number of hydrogen-bond donors (Lipinski definition) is 0. The number of aromatic nitrogens is 2. The van der Waals surface area contributed by atoms with Crippen LogP contribution in [0.1, 0.15) is 69.4 Å². The van der Waals surface area contributed by atoms with Crippen molar-refractivity contribution in [2.24, 2.45) is 0 Å². The van der Waals surface area contributed by atoms with Crippen molar-refractivity contribution in [1.82, 2.24) is 9.55 Å². The number of hydrogen-bond acceptors (Lipinski definition) is 1. The van der Waals surface area contributed by atoms with Gasteiger partial charge in [0.1, 0.15) is 11.6 Å². The summed E-state index contributed by atoms with van der Waals surface area (Å²) in [4.78, 5) is 4.72. The summed E-state index contributed by atoms with van der Waals surface area (Å²) in [6, 6.07) is 4.12. The highest BCUT2D eigenvalue weighted by Gasteiger charge is 2.39. The summed E-state index contributed by atoms with van der Waals surface area (Å²) in [6.45, 7) is 12.2. The molecule has 0 N–H and O–H groups in total. The molecule has 3 heterocycles. The molecule has 23 heavy (non-hydrogen) atoms. The molecular formula is C19H26BrFN2. The maximum absolute atomic E-state index is 13.8. The number of aryl methyl sites for hydroxylation is 1. The first kappa shape index (κ1) is 18.2. The van der Waals surface area contributed by atoms with Crippen LogP contribution in [0, 0.1) is 19.7 Å². The zero-order chi connectivity index (χ0) is 17.3. The van der Waals surface area contributed by atoms with Gasteiger partial charge in [0.15, 0.2) is 0 Å². The van der Waals surface area contributed by atoms with Gasteiger partial charge in [-0.3, -0.25) is 0 Å². The van der Waals surface area contributed by atoms with Gasteiger partial charge in [-0.2, -0.15) is 0 Å². The van der Waals surface area contributed by atoms with E-state index in [4.69, 9.17) is 4.98 Å². The molecule has 0 spiro atoms. The van der Waals surface area contributed by atoms with E-state index in [0.717, 1.165) is 35.5 Å². The predicted octanol–water partition coefficient (Wildman–Crippen LogP) is 6.55. The molecule has 1 saturated carbocycles. The maximum atomic E-state index is 13.8. The third kappa shape index (κ3) is 2.86. The molecule has 0 amide bonds. The topological polar surface area (TPSA) is 17.8 Å². The molecule has 126 valence electrons. The van der Waals surface area contributed by atoms with Crippen LogP contribution in [0.5, 0.6) is 0 Å². The molecule has 0 unspecified atom stereocenters. The average molecular weight is 381 g/mol. The molecule has 3 aliphatic rings. The number of benzene rings is 1. The first-order valence-electron chi connectivity index (χ1n) is 8.61. The van der Waals surface area contributed by atoms with Gasteiger partial charge >= 0.3 is 0 Å². The van der Waals surface area contributed by atoms with Gasteiger partial charge in [0.25, 0.3) is 0 Å². The van der Waals surface area contributed by atoms with E-state index in [0.29, 0.717) is 16.4 Å². The van der Waals surface area contributed by atoms with Crippen LogP contribution in [0.4, 0.5) is 4.39 Å². The van der Waals surface area contributed by atoms with Crippen molar-refractivity contribution < 1.29 is 4.39 Å². The third-order valence-electron chi connectivity index (χ3n) is 4.64. The van der Waals surface area contributed by atoms with Crippen molar-refractivity contribution in [1.29, 1.82) is 0 Å². The lowest BCUT2D eigenvalue weighted by atomic mass is 9.75. The smallest absolute Gasteiger partial charge is 0.141 e. The molecule has 1 aromatic carbocycles. The van der Waals surface area contributed by atoms with Crippen LogP contribution in [0.3, 0.4) is 0 Å². The number of rotatable bonds is 0. The predicted molar refractivity (Wildman–Crippen MR) is 98.5 cm³/mol. The minimum absolute atomic E-state index is 0.171. The largest absolute Gasteiger partial charge is 0.325 e. The van der Waals surface area contributed by atoms with Gasteiger partial charge in [-0.15, -0.1) is 0 Å². The molecule has 1 aromatic heterocycles. The van der Waals surface area contributed by atoms with Crippen LogP contribution >= 0.6 is 15.9 Å². The van der Waals surface area contributed by atoms with E-state index in [-0.39, 0.29) is 5.82 Å². The van der Waals surface area contributed by atoms with Crippen LogP contribution in [-0.2, 0) is 0 Å². The molecule has 0 atom stereocenters. The van der Waals surface area contributed by atoms with Gasteiger partial charge in [0.2, 0.25) is 0 Å². The highest BCUT2D eigenvalue weighted by molar-refractivity contribution is 9.10. The Hall–Kier alpha value is -1.16. The van der Waals surface area contributed by atoms with Gasteiger partial charge < -0.3 is 4.57 Å². The van der Waals surface area contributed by atoms with E-state index in [9.17, 15) is 4.39 Å². The first-order valence-corrected chi connectivity index (χ1v) is 9.40. The van der Waals surface area contributed by atoms with Gasteiger partial charge in [0.05, 0.1) is 10.2 Å². The zero-order valence-electron chi connectivity index (χ0n) is 14.9. The van der Waals surface area contributed by atoms with Crippen molar-refractivity contribution >= 4 is 15.9 Å². The Morgan fingerprint density at radius 2 is 1.74 bits per heavy atom. The standard InChI is InChI=1S/C15H14BrFN2.2C2H6/c1-7-8(2)19-10-3-9(4-10)11-6-14(17)13(16)5-12(11)15(19)18-7;2*1-2/h5-6,9-10H,3-4H2,1-2H3;2*1-2H3. The summed E-state index contributed by atoms with van der Waals surface area (Å²) in [5.41, 5.74) is 4.54. The lowest BCUT2D eigenvalue weighted by Gasteiger charge is -2.35. The number of imidazole rings is 1. The van der Waals surface area contributed by atoms with E-state index in [2.05, 4.69) is 27.4 Å². The average Bonchev–Trinajstić information content (AvgIpc) is 2.68. The second-order valence-corrected chi connectivity index (χ2v) is 6.51. The van der Waals surface area contributed by atoms with Gasteiger partial charge in [-0.25, -0.2) is 9.37 Å². The highest BCUT2D eigenvalue weighted by Crippen LogP contribution is 2.53. The molecule has 4 heteroatoms. The fourth-order valence-electron chi connectivity index (χ4n) is 3.41. The molecule has 2 aromatic rings. The second-order valence-electron chi connectivity index (χ2n) is 5.65. The van der Waals surface area contributed by atoms with Gasteiger partial charge in [-0.1, -0.05) is 27.7 Å². The van der Waals surface area contributed by atoms with Crippen molar-refractivity contribution in [3.8, 4) is 11.4 Å². The summed E-state index contributed by atoms with van der Waals surface area (Å²) in [6.07, 6.45) is 2.22. The summed E-state index contributed by atoms with van der Waals surface area (Å²) < 4.78 is 16.7. The van der Waals surface area contributed by atoms with Crippen LogP contribution in [-0.4, -0.2) is 9.55 Å². The Labute approximate surface area is 147 Å². The molecule has 2 nitrogen and oxygen atoms in total. The summed E-state index contributed by atoms with van der Waals surface area (Å²) in [5.74, 6) is 1.33. The molecular weight excluding hydrogens is 355 g/mol. The molecule has 2 aliphatic heterocycles. The number of nitrogens with zero attached hydrogens (tertiary/aromatic N) is 2. The Morgan fingerprint density at radius 1 is 1.13 bits per heavy atom. The third-order valence-corrected chi connectivity index (χ3v) is 5.25. The molecule has 0 saturated heterocycles. The summed E-state index contributed by atoms with van der Waals surface area (Å²) in [7, 11) is 0. The Bertz CT molecular complexity index is 700. The molecule has 1 aliphatic carbocycles. The quantitative estimate of drug-likeness (QED) is 0.506. The molecule has 0 radical (unpaired) electrons. The fourth-order valence-corrected chi connectivity index (χ4v) is 3.75. The van der Waals surface area contributed by atoms with Gasteiger partial charge in [0, 0.05) is 17.3 Å². The Morgan fingerprint density at radius 3 is 2.35 bits per heavy atom.